The van der Waals surface area contributed by atoms with Gasteiger partial charge in [0.1, 0.15) is 5.82 Å². The third kappa shape index (κ3) is 3.48. The van der Waals surface area contributed by atoms with Crippen molar-refractivity contribution in [3.63, 3.8) is 0 Å². The molecule has 2 nitrogen and oxygen atoms in total. The highest BCUT2D eigenvalue weighted by Gasteiger charge is 2.29. The van der Waals surface area contributed by atoms with Crippen LogP contribution in [0.15, 0.2) is 24.3 Å². The largest absolute Gasteiger partial charge is 0.342 e. The number of hydrogen-bond acceptors (Lipinski definition) is 1. The molecule has 0 atom stereocenters. The summed E-state index contributed by atoms with van der Waals surface area (Å²) in [5.41, 5.74) is 2.52. The van der Waals surface area contributed by atoms with Crippen molar-refractivity contribution >= 4 is 11.0 Å². The molecular formula is C19H28N2. The number of nitrogens with one attached hydrogen (secondary N) is 1. The van der Waals surface area contributed by atoms with E-state index >= 15 is 0 Å². The van der Waals surface area contributed by atoms with Crippen LogP contribution in [0, 0.1) is 0 Å². The maximum absolute atomic E-state index is 4.90. The summed E-state index contributed by atoms with van der Waals surface area (Å²) in [7, 11) is 0. The van der Waals surface area contributed by atoms with Gasteiger partial charge in [-0.2, -0.15) is 0 Å². The van der Waals surface area contributed by atoms with Gasteiger partial charge in [-0.3, -0.25) is 0 Å². The average molecular weight is 284 g/mol. The quantitative estimate of drug-likeness (QED) is 0.711. The van der Waals surface area contributed by atoms with E-state index in [9.17, 15) is 0 Å². The fraction of sp³-hybridized carbons (Fsp3) is 0.632. The number of H-pyrrole nitrogens is 1. The predicted molar refractivity (Wildman–Crippen MR) is 89.6 cm³/mol. The first-order valence-electron chi connectivity index (χ1n) is 8.73. The minimum absolute atomic E-state index is 0.226. The van der Waals surface area contributed by atoms with E-state index in [2.05, 4.69) is 36.2 Å². The first-order valence-corrected chi connectivity index (χ1v) is 8.73. The first-order chi connectivity index (χ1) is 10.3. The lowest BCUT2D eigenvalue weighted by molar-refractivity contribution is 0.354. The van der Waals surface area contributed by atoms with Crippen molar-refractivity contribution in [3.05, 3.63) is 30.1 Å². The first kappa shape index (κ1) is 14.6. The van der Waals surface area contributed by atoms with Crippen LogP contribution < -0.4 is 0 Å². The number of nitrogens with zero attached hydrogens (tertiary/aromatic N) is 1. The lowest BCUT2D eigenvalue weighted by Crippen LogP contribution is -2.23. The van der Waals surface area contributed by atoms with Gasteiger partial charge >= 0.3 is 0 Å². The lowest BCUT2D eigenvalue weighted by Gasteiger charge is -2.27. The zero-order valence-corrected chi connectivity index (χ0v) is 13.3. The molecule has 1 saturated carbocycles. The number of aromatic amines is 1. The molecule has 2 heteroatoms. The molecule has 21 heavy (non-hydrogen) atoms. The Balaban J connectivity index is 1.83. The molecule has 0 unspecified atom stereocenters. The number of hydrogen-bond donors (Lipinski definition) is 1. The molecule has 0 saturated heterocycles. The highest BCUT2D eigenvalue weighted by atomic mass is 14.9. The van der Waals surface area contributed by atoms with Crippen LogP contribution in [0.3, 0.4) is 0 Å². The molecule has 0 radical (unpaired) electrons. The van der Waals surface area contributed by atoms with Crippen molar-refractivity contribution in [1.82, 2.24) is 9.97 Å². The van der Waals surface area contributed by atoms with Crippen LogP contribution in [-0.4, -0.2) is 9.97 Å². The van der Waals surface area contributed by atoms with Crippen molar-refractivity contribution < 1.29 is 0 Å². The minimum atomic E-state index is 0.226. The van der Waals surface area contributed by atoms with Gasteiger partial charge in [0, 0.05) is 5.41 Å². The lowest BCUT2D eigenvalue weighted by atomic mass is 9.79. The van der Waals surface area contributed by atoms with Crippen LogP contribution in [0.25, 0.3) is 11.0 Å². The summed E-state index contributed by atoms with van der Waals surface area (Å²) in [5, 5.41) is 0. The summed E-state index contributed by atoms with van der Waals surface area (Å²) in [4.78, 5) is 8.50. The van der Waals surface area contributed by atoms with Crippen LogP contribution in [-0.2, 0) is 5.41 Å². The molecule has 3 rings (SSSR count). The standard InChI is InChI=1S/C19H28N2/c1-19(14-10-6-4-2-3-5-7-11-15-19)18-20-16-12-8-9-13-17(16)21-18/h8-9,12-13H,2-7,10-11,14-15H2,1H3,(H,20,21). The molecule has 2 aromatic rings. The third-order valence-corrected chi connectivity index (χ3v) is 5.17. The van der Waals surface area contributed by atoms with Crippen LogP contribution >= 0.6 is 0 Å². The summed E-state index contributed by atoms with van der Waals surface area (Å²) >= 11 is 0. The van der Waals surface area contributed by atoms with E-state index in [1.807, 2.05) is 0 Å². The van der Waals surface area contributed by atoms with E-state index in [0.29, 0.717) is 0 Å². The third-order valence-electron chi connectivity index (χ3n) is 5.17. The van der Waals surface area contributed by atoms with Crippen LogP contribution in [0.4, 0.5) is 0 Å². The van der Waals surface area contributed by atoms with Crippen LogP contribution in [0.2, 0.25) is 0 Å². The maximum atomic E-state index is 4.90. The minimum Gasteiger partial charge on any atom is -0.342 e. The van der Waals surface area contributed by atoms with E-state index in [1.54, 1.807) is 0 Å². The molecule has 1 fully saturated rings. The normalized spacial score (nSPS) is 21.0. The summed E-state index contributed by atoms with van der Waals surface area (Å²) in [6.07, 6.45) is 13.7. The van der Waals surface area contributed by atoms with Gasteiger partial charge in [0.15, 0.2) is 0 Å². The zero-order chi connectivity index (χ0) is 14.5. The molecule has 0 aliphatic heterocycles. The van der Waals surface area contributed by atoms with Gasteiger partial charge in [0.25, 0.3) is 0 Å². The molecular weight excluding hydrogens is 256 g/mol. The maximum Gasteiger partial charge on any atom is 0.113 e. The molecule has 0 amide bonds. The monoisotopic (exact) mass is 284 g/mol. The second-order valence-electron chi connectivity index (χ2n) is 6.99. The summed E-state index contributed by atoms with van der Waals surface area (Å²) in [6.45, 7) is 2.42. The van der Waals surface area contributed by atoms with E-state index in [-0.39, 0.29) is 5.41 Å². The number of aromatic nitrogens is 2. The average Bonchev–Trinajstić information content (AvgIpc) is 2.91. The summed E-state index contributed by atoms with van der Waals surface area (Å²) < 4.78 is 0. The Morgan fingerprint density at radius 3 is 2.05 bits per heavy atom. The van der Waals surface area contributed by atoms with Gasteiger partial charge < -0.3 is 4.98 Å². The fourth-order valence-corrected chi connectivity index (χ4v) is 3.69. The summed E-state index contributed by atoms with van der Waals surface area (Å²) in [6, 6.07) is 8.42. The Labute approximate surface area is 128 Å². The SMILES string of the molecule is CC1(c2nc3ccccc3[nH]2)CCCCCCCCCC1. The van der Waals surface area contributed by atoms with Gasteiger partial charge in [0.2, 0.25) is 0 Å². The van der Waals surface area contributed by atoms with Crippen molar-refractivity contribution in [1.29, 1.82) is 0 Å². The van der Waals surface area contributed by atoms with Crippen molar-refractivity contribution in [2.24, 2.45) is 0 Å². The number of benzene rings is 1. The van der Waals surface area contributed by atoms with Crippen molar-refractivity contribution in [2.45, 2.75) is 76.5 Å². The summed E-state index contributed by atoms with van der Waals surface area (Å²) in [5.74, 6) is 1.21. The number of fused-ring (bicyclic) bond motifs is 1. The van der Waals surface area contributed by atoms with E-state index in [4.69, 9.17) is 4.98 Å². The second-order valence-corrected chi connectivity index (χ2v) is 6.99. The van der Waals surface area contributed by atoms with Crippen molar-refractivity contribution in [2.75, 3.05) is 0 Å². The molecule has 1 aliphatic rings. The highest BCUT2D eigenvalue weighted by Crippen LogP contribution is 2.35. The Hall–Kier alpha value is -1.31. The molecule has 1 aromatic heterocycles. The second kappa shape index (κ2) is 6.64. The Morgan fingerprint density at radius 1 is 0.857 bits per heavy atom. The van der Waals surface area contributed by atoms with E-state index in [0.717, 1.165) is 5.52 Å². The topological polar surface area (TPSA) is 28.7 Å². The Kier molecular flexibility index (Phi) is 4.62. The van der Waals surface area contributed by atoms with Gasteiger partial charge in [-0.25, -0.2) is 4.98 Å². The van der Waals surface area contributed by atoms with E-state index < -0.39 is 0 Å². The molecule has 1 heterocycles. The zero-order valence-electron chi connectivity index (χ0n) is 13.3. The number of imidazole rings is 1. The van der Waals surface area contributed by atoms with Crippen molar-refractivity contribution in [3.8, 4) is 0 Å². The highest BCUT2D eigenvalue weighted by molar-refractivity contribution is 5.74. The van der Waals surface area contributed by atoms with Crippen LogP contribution in [0.5, 0.6) is 0 Å². The van der Waals surface area contributed by atoms with Gasteiger partial charge in [0.05, 0.1) is 11.0 Å². The number of rotatable bonds is 1. The Bertz CT molecular complexity index is 525. The van der Waals surface area contributed by atoms with Crippen LogP contribution in [0.1, 0.15) is 77.0 Å². The van der Waals surface area contributed by atoms with Gasteiger partial charge in [-0.15, -0.1) is 0 Å². The van der Waals surface area contributed by atoms with Gasteiger partial charge in [-0.1, -0.05) is 70.4 Å². The Morgan fingerprint density at radius 2 is 1.43 bits per heavy atom. The smallest absolute Gasteiger partial charge is 0.113 e. The molecule has 0 bridgehead atoms. The molecule has 114 valence electrons. The number of para-hydroxylation sites is 2. The molecule has 1 aromatic carbocycles. The molecule has 0 spiro atoms. The fourth-order valence-electron chi connectivity index (χ4n) is 3.69. The van der Waals surface area contributed by atoms with E-state index in [1.165, 1.54) is 75.5 Å². The van der Waals surface area contributed by atoms with Gasteiger partial charge in [-0.05, 0) is 25.0 Å². The predicted octanol–water partition coefficient (Wildman–Crippen LogP) is 5.74. The molecule has 1 aliphatic carbocycles. The molecule has 1 N–H and O–H groups in total.